The van der Waals surface area contributed by atoms with Crippen molar-refractivity contribution in [1.29, 1.82) is 0 Å². The van der Waals surface area contributed by atoms with E-state index < -0.39 is 0 Å². The van der Waals surface area contributed by atoms with Gasteiger partial charge in [0.15, 0.2) is 0 Å². The molecule has 3 aromatic heterocycles. The summed E-state index contributed by atoms with van der Waals surface area (Å²) in [5.74, 6) is 0.877. The number of hydrogen-bond donors (Lipinski definition) is 1. The number of hydrogen-bond acceptors (Lipinski definition) is 3. The van der Waals surface area contributed by atoms with Gasteiger partial charge < -0.3 is 5.32 Å². The predicted octanol–water partition coefficient (Wildman–Crippen LogP) is 5.10. The van der Waals surface area contributed by atoms with Crippen LogP contribution in [0.25, 0.3) is 16.9 Å². The molecule has 0 radical (unpaired) electrons. The number of rotatable bonds is 3. The van der Waals surface area contributed by atoms with E-state index in [-0.39, 0.29) is 0 Å². The number of fused-ring (bicyclic) bond motifs is 1. The van der Waals surface area contributed by atoms with Crippen LogP contribution in [0.1, 0.15) is 5.56 Å². The maximum Gasteiger partial charge on any atom is 0.143 e. The van der Waals surface area contributed by atoms with Gasteiger partial charge in [-0.2, -0.15) is 0 Å². The molecule has 1 aromatic carbocycles. The van der Waals surface area contributed by atoms with Crippen molar-refractivity contribution >= 4 is 28.8 Å². The lowest BCUT2D eigenvalue weighted by Gasteiger charge is -2.09. The summed E-state index contributed by atoms with van der Waals surface area (Å²) < 4.78 is 1.97. The number of nitrogens with one attached hydrogen (secondary N) is 1. The first-order valence-corrected chi connectivity index (χ1v) is 8.00. The highest BCUT2D eigenvalue weighted by Gasteiger charge is 2.14. The lowest BCUT2D eigenvalue weighted by molar-refractivity contribution is 1.18. The van der Waals surface area contributed by atoms with Gasteiger partial charge in [-0.05, 0) is 43.3 Å². The molecular weight excluding hydrogens is 320 g/mol. The molecule has 24 heavy (non-hydrogen) atoms. The SMILES string of the molecule is Cc1ccc(Nc2c(-c3ccncc3)nc3ccc(Cl)cn23)cc1. The van der Waals surface area contributed by atoms with Gasteiger partial charge in [0.2, 0.25) is 0 Å². The zero-order valence-corrected chi connectivity index (χ0v) is 13.8. The summed E-state index contributed by atoms with van der Waals surface area (Å²) in [6.07, 6.45) is 5.40. The van der Waals surface area contributed by atoms with E-state index in [2.05, 4.69) is 41.5 Å². The van der Waals surface area contributed by atoms with Crippen molar-refractivity contribution in [3.8, 4) is 11.3 Å². The Labute approximate surface area is 144 Å². The highest BCUT2D eigenvalue weighted by molar-refractivity contribution is 6.30. The van der Waals surface area contributed by atoms with Gasteiger partial charge in [0.05, 0.1) is 5.02 Å². The molecular formula is C19H15ClN4. The largest absolute Gasteiger partial charge is 0.339 e. The molecule has 4 aromatic rings. The van der Waals surface area contributed by atoms with E-state index in [9.17, 15) is 0 Å². The van der Waals surface area contributed by atoms with Gasteiger partial charge in [0.25, 0.3) is 0 Å². The van der Waals surface area contributed by atoms with Gasteiger partial charge >= 0.3 is 0 Å². The molecule has 0 aliphatic heterocycles. The molecule has 0 atom stereocenters. The molecule has 0 bridgehead atoms. The first kappa shape index (κ1) is 14.7. The fourth-order valence-corrected chi connectivity index (χ4v) is 2.78. The summed E-state index contributed by atoms with van der Waals surface area (Å²) >= 11 is 6.18. The molecule has 0 saturated heterocycles. The summed E-state index contributed by atoms with van der Waals surface area (Å²) in [6, 6.07) is 15.9. The first-order valence-electron chi connectivity index (χ1n) is 7.62. The number of aromatic nitrogens is 3. The van der Waals surface area contributed by atoms with Gasteiger partial charge in [-0.3, -0.25) is 9.38 Å². The van der Waals surface area contributed by atoms with Crippen LogP contribution in [0.15, 0.2) is 67.1 Å². The van der Waals surface area contributed by atoms with E-state index >= 15 is 0 Å². The standard InChI is InChI=1S/C19H15ClN4/c1-13-2-5-16(6-3-13)22-19-18(14-8-10-21-11-9-14)23-17-7-4-15(20)12-24(17)19/h2-12,22H,1H3. The molecule has 118 valence electrons. The van der Waals surface area contributed by atoms with Crippen LogP contribution in [-0.4, -0.2) is 14.4 Å². The smallest absolute Gasteiger partial charge is 0.143 e. The summed E-state index contributed by atoms with van der Waals surface area (Å²) in [7, 11) is 0. The molecule has 5 heteroatoms. The quantitative estimate of drug-likeness (QED) is 0.566. The Bertz CT molecular complexity index is 991. The number of anilines is 2. The molecule has 4 nitrogen and oxygen atoms in total. The average Bonchev–Trinajstić information content (AvgIpc) is 2.95. The average molecular weight is 335 g/mol. The third-order valence-corrected chi connectivity index (χ3v) is 4.07. The Hall–Kier alpha value is -2.85. The van der Waals surface area contributed by atoms with E-state index in [0.717, 1.165) is 28.4 Å². The zero-order valence-electron chi connectivity index (χ0n) is 13.1. The number of aryl methyl sites for hydroxylation is 1. The number of nitrogens with zero attached hydrogens (tertiary/aromatic N) is 3. The molecule has 0 saturated carbocycles. The maximum atomic E-state index is 6.18. The van der Waals surface area contributed by atoms with Crippen LogP contribution in [0.5, 0.6) is 0 Å². The van der Waals surface area contributed by atoms with Crippen molar-refractivity contribution in [1.82, 2.24) is 14.4 Å². The summed E-state index contributed by atoms with van der Waals surface area (Å²) in [4.78, 5) is 8.84. The lowest BCUT2D eigenvalue weighted by Crippen LogP contribution is -1.97. The van der Waals surface area contributed by atoms with Crippen LogP contribution < -0.4 is 5.32 Å². The molecule has 0 aliphatic carbocycles. The van der Waals surface area contributed by atoms with Crippen molar-refractivity contribution in [2.75, 3.05) is 5.32 Å². The molecule has 1 N–H and O–H groups in total. The summed E-state index contributed by atoms with van der Waals surface area (Å²) in [5.41, 5.74) is 4.91. The van der Waals surface area contributed by atoms with Crippen molar-refractivity contribution < 1.29 is 0 Å². The normalized spacial score (nSPS) is 10.9. The number of imidazole rings is 1. The Kier molecular flexibility index (Phi) is 3.67. The Balaban J connectivity index is 1.90. The summed E-state index contributed by atoms with van der Waals surface area (Å²) in [5, 5.41) is 4.13. The molecule has 0 amide bonds. The highest BCUT2D eigenvalue weighted by atomic mass is 35.5. The molecule has 4 rings (SSSR count). The van der Waals surface area contributed by atoms with Crippen LogP contribution in [0.4, 0.5) is 11.5 Å². The van der Waals surface area contributed by atoms with Crippen LogP contribution in [-0.2, 0) is 0 Å². The number of halogens is 1. The third kappa shape index (κ3) is 2.72. The molecule has 3 heterocycles. The molecule has 0 spiro atoms. The van der Waals surface area contributed by atoms with E-state index in [0.29, 0.717) is 5.02 Å². The number of benzene rings is 1. The van der Waals surface area contributed by atoms with Crippen molar-refractivity contribution in [2.24, 2.45) is 0 Å². The predicted molar refractivity (Wildman–Crippen MR) is 97.9 cm³/mol. The van der Waals surface area contributed by atoms with E-state index in [1.165, 1.54) is 5.56 Å². The third-order valence-electron chi connectivity index (χ3n) is 3.85. The van der Waals surface area contributed by atoms with Gasteiger partial charge in [-0.25, -0.2) is 4.98 Å². The minimum Gasteiger partial charge on any atom is -0.339 e. The lowest BCUT2D eigenvalue weighted by atomic mass is 10.2. The van der Waals surface area contributed by atoms with Crippen LogP contribution in [0.3, 0.4) is 0 Å². The topological polar surface area (TPSA) is 42.2 Å². The molecule has 0 aliphatic rings. The Morgan fingerprint density at radius 1 is 0.958 bits per heavy atom. The van der Waals surface area contributed by atoms with E-state index in [4.69, 9.17) is 16.6 Å². The van der Waals surface area contributed by atoms with Gasteiger partial charge in [-0.1, -0.05) is 29.3 Å². The minimum absolute atomic E-state index is 0.660. The maximum absolute atomic E-state index is 6.18. The monoisotopic (exact) mass is 334 g/mol. The fourth-order valence-electron chi connectivity index (χ4n) is 2.62. The minimum atomic E-state index is 0.660. The summed E-state index contributed by atoms with van der Waals surface area (Å²) in [6.45, 7) is 2.07. The second-order valence-corrected chi connectivity index (χ2v) is 6.05. The highest BCUT2D eigenvalue weighted by Crippen LogP contribution is 2.31. The van der Waals surface area contributed by atoms with Crippen LogP contribution >= 0.6 is 11.6 Å². The fraction of sp³-hybridized carbons (Fsp3) is 0.0526. The van der Waals surface area contributed by atoms with Gasteiger partial charge in [-0.15, -0.1) is 0 Å². The Morgan fingerprint density at radius 2 is 1.71 bits per heavy atom. The second-order valence-electron chi connectivity index (χ2n) is 5.61. The van der Waals surface area contributed by atoms with Gasteiger partial charge in [0.1, 0.15) is 17.2 Å². The zero-order chi connectivity index (χ0) is 16.5. The van der Waals surface area contributed by atoms with Crippen molar-refractivity contribution in [3.05, 3.63) is 77.7 Å². The Morgan fingerprint density at radius 3 is 2.46 bits per heavy atom. The number of pyridine rings is 2. The van der Waals surface area contributed by atoms with E-state index in [1.807, 2.05) is 34.9 Å². The van der Waals surface area contributed by atoms with E-state index in [1.54, 1.807) is 12.4 Å². The van der Waals surface area contributed by atoms with Gasteiger partial charge in [0, 0.05) is 29.8 Å². The van der Waals surface area contributed by atoms with Crippen LogP contribution in [0, 0.1) is 6.92 Å². The molecule has 0 fully saturated rings. The van der Waals surface area contributed by atoms with Crippen molar-refractivity contribution in [2.45, 2.75) is 6.92 Å². The van der Waals surface area contributed by atoms with Crippen LogP contribution in [0.2, 0.25) is 5.02 Å². The first-order chi connectivity index (χ1) is 11.7. The second kappa shape index (κ2) is 5.98. The van der Waals surface area contributed by atoms with Crippen molar-refractivity contribution in [3.63, 3.8) is 0 Å². The molecule has 0 unspecified atom stereocenters.